The van der Waals surface area contributed by atoms with Crippen molar-refractivity contribution in [1.29, 1.82) is 0 Å². The molecule has 2 rings (SSSR count). The van der Waals surface area contributed by atoms with Gasteiger partial charge in [-0.3, -0.25) is 9.59 Å². The quantitative estimate of drug-likeness (QED) is 0.528. The summed E-state index contributed by atoms with van der Waals surface area (Å²) in [6.45, 7) is 9.32. The smallest absolute Gasteiger partial charge is 0.336 e. The fourth-order valence-corrected chi connectivity index (χ4v) is 3.56. The van der Waals surface area contributed by atoms with Gasteiger partial charge in [-0.2, -0.15) is 0 Å². The molecule has 0 aromatic carbocycles. The van der Waals surface area contributed by atoms with Gasteiger partial charge in [0.2, 0.25) is 0 Å². The van der Waals surface area contributed by atoms with Gasteiger partial charge in [0, 0.05) is 5.92 Å². The first kappa shape index (κ1) is 21.3. The van der Waals surface area contributed by atoms with E-state index >= 15 is 0 Å². The SMILES string of the molecule is C=C(CO)C(=O)OC1CC(C)C(=O)C2=C(O)C(C)=CC(=O)C21C(=C)C(=O)OC. The monoisotopic (exact) mass is 390 g/mol. The van der Waals surface area contributed by atoms with Crippen molar-refractivity contribution in [2.24, 2.45) is 11.3 Å². The van der Waals surface area contributed by atoms with Gasteiger partial charge in [-0.25, -0.2) is 9.59 Å². The highest BCUT2D eigenvalue weighted by Crippen LogP contribution is 2.52. The largest absolute Gasteiger partial charge is 0.507 e. The minimum absolute atomic E-state index is 0.102. The lowest BCUT2D eigenvalue weighted by atomic mass is 9.56. The van der Waals surface area contributed by atoms with E-state index in [1.54, 1.807) is 6.92 Å². The average molecular weight is 390 g/mol. The second-order valence-electron chi connectivity index (χ2n) is 6.85. The molecule has 28 heavy (non-hydrogen) atoms. The average Bonchev–Trinajstić information content (AvgIpc) is 2.66. The Bertz CT molecular complexity index is 859. The van der Waals surface area contributed by atoms with Crippen LogP contribution < -0.4 is 0 Å². The van der Waals surface area contributed by atoms with Crippen LogP contribution in [-0.4, -0.2) is 53.5 Å². The minimum atomic E-state index is -2.12. The van der Waals surface area contributed by atoms with Crippen molar-refractivity contribution in [3.05, 3.63) is 47.3 Å². The number of Topliss-reactive ketones (excluding diaryl/α,β-unsaturated/α-hetero) is 1. The van der Waals surface area contributed by atoms with Gasteiger partial charge in [0.25, 0.3) is 0 Å². The highest BCUT2D eigenvalue weighted by atomic mass is 16.5. The summed E-state index contributed by atoms with van der Waals surface area (Å²) in [6, 6.07) is 0. The maximum atomic E-state index is 13.1. The zero-order valence-corrected chi connectivity index (χ0v) is 15.9. The molecule has 0 aliphatic heterocycles. The molecule has 8 nitrogen and oxygen atoms in total. The number of allylic oxidation sites excluding steroid dienone is 2. The van der Waals surface area contributed by atoms with Gasteiger partial charge in [0.05, 0.1) is 30.4 Å². The van der Waals surface area contributed by atoms with Gasteiger partial charge in [-0.15, -0.1) is 0 Å². The Hall–Kier alpha value is -3.00. The molecule has 0 radical (unpaired) electrons. The molecule has 2 N–H and O–H groups in total. The Morgan fingerprint density at radius 3 is 2.43 bits per heavy atom. The minimum Gasteiger partial charge on any atom is -0.507 e. The summed E-state index contributed by atoms with van der Waals surface area (Å²) in [5, 5.41) is 19.7. The van der Waals surface area contributed by atoms with E-state index in [0.717, 1.165) is 13.2 Å². The standard InChI is InChI=1S/C20H22O8/c1-9-6-13(22)20(12(4)19(26)27-5)14(28-18(25)11(3)8-21)7-10(2)17(24)15(20)16(9)23/h6,10,14,21,23H,3-4,7-8H2,1-2,5H3. The highest BCUT2D eigenvalue weighted by Gasteiger charge is 2.62. The predicted molar refractivity (Wildman–Crippen MR) is 96.9 cm³/mol. The number of fused-ring (bicyclic) bond motifs is 1. The third-order valence-corrected chi connectivity index (χ3v) is 5.12. The van der Waals surface area contributed by atoms with Crippen LogP contribution in [0.25, 0.3) is 0 Å². The van der Waals surface area contributed by atoms with Crippen LogP contribution >= 0.6 is 0 Å². The van der Waals surface area contributed by atoms with Gasteiger partial charge in [0.15, 0.2) is 11.6 Å². The molecule has 0 saturated heterocycles. The zero-order chi connectivity index (χ0) is 21.4. The normalized spacial score (nSPS) is 26.9. The van der Waals surface area contributed by atoms with E-state index < -0.39 is 58.9 Å². The number of carbonyl (C=O) groups excluding carboxylic acids is 4. The number of aliphatic hydroxyl groups is 2. The fraction of sp³-hybridized carbons (Fsp3) is 0.400. The molecule has 0 spiro atoms. The van der Waals surface area contributed by atoms with E-state index in [0.29, 0.717) is 0 Å². The molecule has 3 atom stereocenters. The molecular weight excluding hydrogens is 368 g/mol. The molecule has 3 unspecified atom stereocenters. The van der Waals surface area contributed by atoms with E-state index in [1.807, 2.05) is 0 Å². The molecule has 0 heterocycles. The Kier molecular flexibility index (Phi) is 5.75. The number of carbonyl (C=O) groups is 4. The van der Waals surface area contributed by atoms with E-state index in [9.17, 15) is 24.3 Å². The molecule has 2 aliphatic carbocycles. The summed E-state index contributed by atoms with van der Waals surface area (Å²) in [7, 11) is 1.07. The lowest BCUT2D eigenvalue weighted by molar-refractivity contribution is -0.160. The van der Waals surface area contributed by atoms with Crippen molar-refractivity contribution in [2.75, 3.05) is 13.7 Å². The highest BCUT2D eigenvalue weighted by molar-refractivity contribution is 6.18. The Labute approximate surface area is 161 Å². The van der Waals surface area contributed by atoms with Gasteiger partial charge in [-0.1, -0.05) is 20.1 Å². The fourth-order valence-electron chi connectivity index (χ4n) is 3.56. The summed E-state index contributed by atoms with van der Waals surface area (Å²) in [5.74, 6) is -4.46. The molecule has 1 saturated carbocycles. The first-order valence-corrected chi connectivity index (χ1v) is 8.52. The summed E-state index contributed by atoms with van der Waals surface area (Å²) >= 11 is 0. The van der Waals surface area contributed by atoms with E-state index in [-0.39, 0.29) is 23.1 Å². The van der Waals surface area contributed by atoms with Crippen LogP contribution in [0.2, 0.25) is 0 Å². The number of aliphatic hydroxyl groups excluding tert-OH is 2. The Morgan fingerprint density at radius 2 is 1.89 bits per heavy atom. The first-order chi connectivity index (χ1) is 13.0. The molecule has 1 fully saturated rings. The van der Waals surface area contributed by atoms with Crippen molar-refractivity contribution in [3.8, 4) is 0 Å². The number of esters is 2. The third kappa shape index (κ3) is 2.99. The van der Waals surface area contributed by atoms with Crippen molar-refractivity contribution in [3.63, 3.8) is 0 Å². The van der Waals surface area contributed by atoms with Crippen molar-refractivity contribution < 1.29 is 38.9 Å². The first-order valence-electron chi connectivity index (χ1n) is 8.52. The van der Waals surface area contributed by atoms with E-state index in [4.69, 9.17) is 9.84 Å². The number of hydrogen-bond acceptors (Lipinski definition) is 8. The van der Waals surface area contributed by atoms with Gasteiger partial charge < -0.3 is 19.7 Å². The molecular formula is C20H22O8. The van der Waals surface area contributed by atoms with Crippen molar-refractivity contribution >= 4 is 23.5 Å². The molecule has 8 heteroatoms. The lowest BCUT2D eigenvalue weighted by Crippen LogP contribution is -2.57. The molecule has 0 amide bonds. The second-order valence-corrected chi connectivity index (χ2v) is 6.85. The third-order valence-electron chi connectivity index (χ3n) is 5.12. The summed E-state index contributed by atoms with van der Waals surface area (Å²) < 4.78 is 10.1. The van der Waals surface area contributed by atoms with Crippen LogP contribution in [0.5, 0.6) is 0 Å². The summed E-state index contributed by atoms with van der Waals surface area (Å²) in [4.78, 5) is 50.6. The molecule has 150 valence electrons. The van der Waals surface area contributed by atoms with Crippen molar-refractivity contribution in [1.82, 2.24) is 0 Å². The maximum Gasteiger partial charge on any atom is 0.336 e. The number of ether oxygens (including phenoxy) is 2. The molecule has 2 aliphatic rings. The van der Waals surface area contributed by atoms with Crippen LogP contribution in [0, 0.1) is 11.3 Å². The zero-order valence-electron chi connectivity index (χ0n) is 15.9. The van der Waals surface area contributed by atoms with Gasteiger partial charge in [0.1, 0.15) is 17.3 Å². The van der Waals surface area contributed by atoms with Crippen LogP contribution in [-0.2, 0) is 28.7 Å². The molecule has 0 aromatic rings. The van der Waals surface area contributed by atoms with Gasteiger partial charge >= 0.3 is 11.9 Å². The predicted octanol–water partition coefficient (Wildman–Crippen LogP) is 1.11. The maximum absolute atomic E-state index is 13.1. The lowest BCUT2D eigenvalue weighted by Gasteiger charge is -2.46. The second kappa shape index (κ2) is 7.55. The summed E-state index contributed by atoms with van der Waals surface area (Å²) in [6.07, 6.45) is -0.372. The van der Waals surface area contributed by atoms with Crippen molar-refractivity contribution in [2.45, 2.75) is 26.4 Å². The van der Waals surface area contributed by atoms with Crippen LogP contribution in [0.4, 0.5) is 0 Å². The number of ketones is 2. The van der Waals surface area contributed by atoms with Crippen LogP contribution in [0.1, 0.15) is 20.3 Å². The topological polar surface area (TPSA) is 127 Å². The van der Waals surface area contributed by atoms with E-state index in [1.165, 1.54) is 6.92 Å². The number of methoxy groups -OCH3 is 1. The molecule has 0 bridgehead atoms. The van der Waals surface area contributed by atoms with E-state index in [2.05, 4.69) is 17.9 Å². The summed E-state index contributed by atoms with van der Waals surface area (Å²) in [5.41, 5.74) is -3.03. The Morgan fingerprint density at radius 1 is 1.29 bits per heavy atom. The Balaban J connectivity index is 2.77. The van der Waals surface area contributed by atoms with Gasteiger partial charge in [-0.05, 0) is 25.0 Å². The van der Waals surface area contributed by atoms with Crippen LogP contribution in [0.15, 0.2) is 47.3 Å². The molecule has 0 aromatic heterocycles. The number of hydrogen-bond donors (Lipinski definition) is 2. The number of rotatable bonds is 5. The van der Waals surface area contributed by atoms with Crippen LogP contribution in [0.3, 0.4) is 0 Å².